The molecule has 2 aromatic heterocycles. The fraction of sp³-hybridized carbons (Fsp3) is 0.278. The minimum atomic E-state index is -0.140. The molecule has 130 valence electrons. The van der Waals surface area contributed by atoms with Gasteiger partial charge in [-0.3, -0.25) is 9.59 Å². The largest absolute Gasteiger partial charge is 0.352 e. The molecule has 0 aliphatic rings. The summed E-state index contributed by atoms with van der Waals surface area (Å²) in [5, 5.41) is 4.11. The molecule has 3 aromatic rings. The lowest BCUT2D eigenvalue weighted by Crippen LogP contribution is -2.24. The lowest BCUT2D eigenvalue weighted by atomic mass is 10.2. The van der Waals surface area contributed by atoms with Gasteiger partial charge in [-0.1, -0.05) is 29.8 Å². The summed E-state index contributed by atoms with van der Waals surface area (Å²) in [5.41, 5.74) is 1.70. The zero-order valence-electron chi connectivity index (χ0n) is 14.0. The van der Waals surface area contributed by atoms with Crippen molar-refractivity contribution < 1.29 is 4.79 Å². The maximum absolute atomic E-state index is 12.2. The SMILES string of the molecule is Cc1sc2nc(CCC(=O)NCc3ccccc3Cl)[nH]c(=O)c2c1C. The number of nitrogens with one attached hydrogen (secondary N) is 2. The molecule has 0 spiro atoms. The van der Waals surface area contributed by atoms with E-state index in [1.54, 1.807) is 6.07 Å². The van der Waals surface area contributed by atoms with Crippen molar-refractivity contribution >= 4 is 39.1 Å². The van der Waals surface area contributed by atoms with Gasteiger partial charge < -0.3 is 10.3 Å². The topological polar surface area (TPSA) is 74.8 Å². The van der Waals surface area contributed by atoms with Gasteiger partial charge in [0.25, 0.3) is 5.56 Å². The molecule has 3 rings (SSSR count). The van der Waals surface area contributed by atoms with Crippen LogP contribution in [0.15, 0.2) is 29.1 Å². The second-order valence-electron chi connectivity index (χ2n) is 5.84. The summed E-state index contributed by atoms with van der Waals surface area (Å²) < 4.78 is 0. The number of H-pyrrole nitrogens is 1. The third-order valence-corrected chi connectivity index (χ3v) is 5.58. The molecule has 0 aliphatic carbocycles. The molecule has 2 heterocycles. The van der Waals surface area contributed by atoms with Gasteiger partial charge in [0.1, 0.15) is 10.7 Å². The zero-order chi connectivity index (χ0) is 18.0. The van der Waals surface area contributed by atoms with Crippen molar-refractivity contribution in [3.63, 3.8) is 0 Å². The van der Waals surface area contributed by atoms with E-state index >= 15 is 0 Å². The fourth-order valence-electron chi connectivity index (χ4n) is 2.57. The minimum absolute atomic E-state index is 0.110. The molecule has 0 saturated heterocycles. The maximum atomic E-state index is 12.2. The van der Waals surface area contributed by atoms with E-state index in [-0.39, 0.29) is 17.9 Å². The molecule has 1 amide bonds. The Bertz CT molecular complexity index is 994. The maximum Gasteiger partial charge on any atom is 0.259 e. The third-order valence-electron chi connectivity index (χ3n) is 4.11. The van der Waals surface area contributed by atoms with Crippen molar-refractivity contribution in [3.8, 4) is 0 Å². The van der Waals surface area contributed by atoms with E-state index in [1.165, 1.54) is 11.3 Å². The summed E-state index contributed by atoms with van der Waals surface area (Å²) in [6.45, 7) is 4.28. The molecule has 0 unspecified atom stereocenters. The van der Waals surface area contributed by atoms with Crippen molar-refractivity contribution in [1.82, 2.24) is 15.3 Å². The summed E-state index contributed by atoms with van der Waals surface area (Å²) in [4.78, 5) is 33.3. The Balaban J connectivity index is 1.63. The van der Waals surface area contributed by atoms with Crippen molar-refractivity contribution in [2.45, 2.75) is 33.2 Å². The Morgan fingerprint density at radius 1 is 1.32 bits per heavy atom. The molecule has 1 aromatic carbocycles. The van der Waals surface area contributed by atoms with E-state index in [0.29, 0.717) is 29.2 Å². The summed E-state index contributed by atoms with van der Waals surface area (Å²) in [5.74, 6) is 0.424. The number of carbonyl (C=O) groups excluding carboxylic acids is 1. The quantitative estimate of drug-likeness (QED) is 0.716. The van der Waals surface area contributed by atoms with Gasteiger partial charge in [-0.05, 0) is 31.0 Å². The Morgan fingerprint density at radius 3 is 2.84 bits per heavy atom. The molecule has 0 saturated carbocycles. The lowest BCUT2D eigenvalue weighted by molar-refractivity contribution is -0.121. The van der Waals surface area contributed by atoms with Gasteiger partial charge in [0.15, 0.2) is 0 Å². The highest BCUT2D eigenvalue weighted by Gasteiger charge is 2.12. The molecule has 0 aliphatic heterocycles. The second kappa shape index (κ2) is 7.37. The van der Waals surface area contributed by atoms with Crippen LogP contribution in [0.4, 0.5) is 0 Å². The Labute approximate surface area is 154 Å². The first-order chi connectivity index (χ1) is 12.0. The predicted molar refractivity (Wildman–Crippen MR) is 101 cm³/mol. The second-order valence-corrected chi connectivity index (χ2v) is 7.45. The zero-order valence-corrected chi connectivity index (χ0v) is 15.6. The van der Waals surface area contributed by atoms with E-state index in [0.717, 1.165) is 20.8 Å². The number of aryl methyl sites for hydroxylation is 3. The van der Waals surface area contributed by atoms with Crippen LogP contribution in [-0.2, 0) is 17.8 Å². The molecule has 0 fully saturated rings. The van der Waals surface area contributed by atoms with E-state index in [4.69, 9.17) is 11.6 Å². The average molecular weight is 376 g/mol. The molecule has 0 atom stereocenters. The van der Waals surface area contributed by atoms with Crippen LogP contribution in [0.1, 0.15) is 28.2 Å². The smallest absolute Gasteiger partial charge is 0.259 e. The molecule has 2 N–H and O–H groups in total. The molecule has 0 radical (unpaired) electrons. The summed E-state index contributed by atoms with van der Waals surface area (Å²) >= 11 is 7.57. The number of nitrogens with zero attached hydrogens (tertiary/aromatic N) is 1. The van der Waals surface area contributed by atoms with Gasteiger partial charge in [0.05, 0.1) is 5.39 Å². The van der Waals surface area contributed by atoms with Crippen LogP contribution < -0.4 is 10.9 Å². The van der Waals surface area contributed by atoms with Crippen LogP contribution in [0.3, 0.4) is 0 Å². The van der Waals surface area contributed by atoms with Crippen LogP contribution in [0, 0.1) is 13.8 Å². The highest BCUT2D eigenvalue weighted by Crippen LogP contribution is 2.25. The number of hydrogen-bond acceptors (Lipinski definition) is 4. The number of hydrogen-bond donors (Lipinski definition) is 2. The Kier molecular flexibility index (Phi) is 5.20. The Morgan fingerprint density at radius 2 is 2.08 bits per heavy atom. The normalized spacial score (nSPS) is 11.0. The molecule has 5 nitrogen and oxygen atoms in total. The van der Waals surface area contributed by atoms with Gasteiger partial charge >= 0.3 is 0 Å². The van der Waals surface area contributed by atoms with Crippen LogP contribution in [-0.4, -0.2) is 15.9 Å². The van der Waals surface area contributed by atoms with Crippen molar-refractivity contribution in [2.75, 3.05) is 0 Å². The van der Waals surface area contributed by atoms with Gasteiger partial charge in [-0.25, -0.2) is 4.98 Å². The van der Waals surface area contributed by atoms with Crippen molar-refractivity contribution in [3.05, 3.63) is 61.5 Å². The first-order valence-corrected chi connectivity index (χ1v) is 9.14. The van der Waals surface area contributed by atoms with Crippen LogP contribution in [0.25, 0.3) is 10.2 Å². The summed E-state index contributed by atoms with van der Waals surface area (Å²) in [6, 6.07) is 7.39. The molecule has 7 heteroatoms. The van der Waals surface area contributed by atoms with E-state index in [9.17, 15) is 9.59 Å². The van der Waals surface area contributed by atoms with Crippen LogP contribution in [0.5, 0.6) is 0 Å². The number of benzene rings is 1. The number of thiophene rings is 1. The first kappa shape index (κ1) is 17.6. The standard InChI is InChI=1S/C18H18ClN3O2S/c1-10-11(2)25-18-16(10)17(24)21-14(22-18)7-8-15(23)20-9-12-5-3-4-6-13(12)19/h3-6H,7-9H2,1-2H3,(H,20,23)(H,21,22,24). The molecule has 25 heavy (non-hydrogen) atoms. The van der Waals surface area contributed by atoms with Crippen molar-refractivity contribution in [1.29, 1.82) is 0 Å². The highest BCUT2D eigenvalue weighted by atomic mass is 35.5. The number of halogens is 1. The van der Waals surface area contributed by atoms with Gasteiger partial charge in [0, 0.05) is 29.3 Å². The van der Waals surface area contributed by atoms with Gasteiger partial charge in [0.2, 0.25) is 5.91 Å². The molecule has 0 bridgehead atoms. The minimum Gasteiger partial charge on any atom is -0.352 e. The van der Waals surface area contributed by atoms with E-state index in [1.807, 2.05) is 32.0 Å². The van der Waals surface area contributed by atoms with Gasteiger partial charge in [-0.2, -0.15) is 0 Å². The van der Waals surface area contributed by atoms with Crippen LogP contribution >= 0.6 is 22.9 Å². The number of rotatable bonds is 5. The van der Waals surface area contributed by atoms with E-state index in [2.05, 4.69) is 15.3 Å². The third kappa shape index (κ3) is 3.91. The number of carbonyl (C=O) groups is 1. The highest BCUT2D eigenvalue weighted by molar-refractivity contribution is 7.18. The number of aromatic nitrogens is 2. The lowest BCUT2D eigenvalue weighted by Gasteiger charge is -2.07. The van der Waals surface area contributed by atoms with Gasteiger partial charge in [-0.15, -0.1) is 11.3 Å². The molecular formula is C18H18ClN3O2S. The number of fused-ring (bicyclic) bond motifs is 1. The fourth-order valence-corrected chi connectivity index (χ4v) is 3.82. The monoisotopic (exact) mass is 375 g/mol. The summed E-state index contributed by atoms with van der Waals surface area (Å²) in [7, 11) is 0. The number of aromatic amines is 1. The summed E-state index contributed by atoms with van der Waals surface area (Å²) in [6.07, 6.45) is 0.637. The first-order valence-electron chi connectivity index (χ1n) is 7.94. The van der Waals surface area contributed by atoms with Crippen molar-refractivity contribution in [2.24, 2.45) is 0 Å². The average Bonchev–Trinajstić information content (AvgIpc) is 2.87. The number of amides is 1. The Hall–Kier alpha value is -2.18. The van der Waals surface area contributed by atoms with Crippen LogP contribution in [0.2, 0.25) is 5.02 Å². The molecular weight excluding hydrogens is 358 g/mol. The predicted octanol–water partition coefficient (Wildman–Crippen LogP) is 3.50. The van der Waals surface area contributed by atoms with E-state index < -0.39 is 0 Å².